The summed E-state index contributed by atoms with van der Waals surface area (Å²) in [6.07, 6.45) is 3.63. The highest BCUT2D eigenvalue weighted by molar-refractivity contribution is 7.22. The molecule has 0 aliphatic rings. The monoisotopic (exact) mass is 405 g/mol. The number of halogens is 1. The van der Waals surface area contributed by atoms with Gasteiger partial charge in [-0.15, -0.1) is 0 Å². The highest BCUT2D eigenvalue weighted by Crippen LogP contribution is 2.33. The number of nitrogens with zero attached hydrogens (tertiary/aromatic N) is 3. The summed E-state index contributed by atoms with van der Waals surface area (Å²) in [6, 6.07) is 14.0. The fourth-order valence-corrected chi connectivity index (χ4v) is 4.32. The molecule has 1 amide bonds. The quantitative estimate of drug-likeness (QED) is 0.457. The third kappa shape index (κ3) is 4.32. The zero-order valence-electron chi connectivity index (χ0n) is 16.2. The van der Waals surface area contributed by atoms with Crippen LogP contribution in [0.1, 0.15) is 22.3 Å². The Bertz CT molecular complexity index is 1160. The van der Waals surface area contributed by atoms with Gasteiger partial charge in [-0.3, -0.25) is 14.7 Å². The second kappa shape index (κ2) is 8.09. The van der Waals surface area contributed by atoms with Gasteiger partial charge in [-0.25, -0.2) is 9.37 Å². The van der Waals surface area contributed by atoms with E-state index in [1.54, 1.807) is 29.4 Å². The van der Waals surface area contributed by atoms with E-state index < -0.39 is 0 Å². The number of benzene rings is 2. The maximum Gasteiger partial charge on any atom is 0.233 e. The molecule has 4 aromatic rings. The summed E-state index contributed by atoms with van der Waals surface area (Å²) in [7, 11) is 0. The lowest BCUT2D eigenvalue weighted by Gasteiger charge is -2.20. The second-order valence-corrected chi connectivity index (χ2v) is 8.05. The van der Waals surface area contributed by atoms with Crippen molar-refractivity contribution in [3.05, 3.63) is 89.0 Å². The number of thiazole rings is 1. The lowest BCUT2D eigenvalue weighted by molar-refractivity contribution is -0.118. The summed E-state index contributed by atoms with van der Waals surface area (Å²) in [4.78, 5) is 23.8. The third-order valence-corrected chi connectivity index (χ3v) is 5.90. The van der Waals surface area contributed by atoms with Crippen LogP contribution in [0.25, 0.3) is 10.2 Å². The van der Waals surface area contributed by atoms with E-state index in [1.165, 1.54) is 23.5 Å². The van der Waals surface area contributed by atoms with Crippen molar-refractivity contribution in [2.45, 2.75) is 26.8 Å². The molecule has 146 valence electrons. The fraction of sp³-hybridized carbons (Fsp3) is 0.174. The SMILES string of the molecule is Cc1cc(C)c2sc(N(Cc3cccnc3)C(=O)Cc3ccc(F)cc3)nc2c1. The summed E-state index contributed by atoms with van der Waals surface area (Å²) in [6.45, 7) is 4.48. The van der Waals surface area contributed by atoms with Crippen molar-refractivity contribution in [1.29, 1.82) is 0 Å². The van der Waals surface area contributed by atoms with Crippen LogP contribution in [-0.2, 0) is 17.8 Å². The van der Waals surface area contributed by atoms with E-state index in [1.807, 2.05) is 25.1 Å². The van der Waals surface area contributed by atoms with E-state index in [0.29, 0.717) is 11.7 Å². The first-order valence-corrected chi connectivity index (χ1v) is 10.1. The molecular formula is C23H20FN3OS. The van der Waals surface area contributed by atoms with Crippen LogP contribution in [0.4, 0.5) is 9.52 Å². The molecule has 0 aliphatic heterocycles. The maximum atomic E-state index is 13.2. The van der Waals surface area contributed by atoms with Gasteiger partial charge in [-0.2, -0.15) is 0 Å². The van der Waals surface area contributed by atoms with Crippen molar-refractivity contribution in [2.24, 2.45) is 0 Å². The van der Waals surface area contributed by atoms with Crippen molar-refractivity contribution in [2.75, 3.05) is 4.90 Å². The van der Waals surface area contributed by atoms with Gasteiger partial charge in [0.1, 0.15) is 5.82 Å². The molecule has 0 fully saturated rings. The molecule has 0 saturated carbocycles. The minimum absolute atomic E-state index is 0.0890. The van der Waals surface area contributed by atoms with Crippen LogP contribution < -0.4 is 4.90 Å². The van der Waals surface area contributed by atoms with Gasteiger partial charge in [0.2, 0.25) is 5.91 Å². The van der Waals surface area contributed by atoms with Gasteiger partial charge in [0.05, 0.1) is 23.2 Å². The number of aromatic nitrogens is 2. The number of pyridine rings is 1. The summed E-state index contributed by atoms with van der Waals surface area (Å²) in [5.41, 5.74) is 4.88. The van der Waals surface area contributed by atoms with Crippen LogP contribution in [0.3, 0.4) is 0 Å². The fourth-order valence-electron chi connectivity index (χ4n) is 3.29. The number of fused-ring (bicyclic) bond motifs is 1. The van der Waals surface area contributed by atoms with Gasteiger partial charge in [0, 0.05) is 12.4 Å². The molecule has 0 spiro atoms. The van der Waals surface area contributed by atoms with Crippen molar-refractivity contribution in [3.8, 4) is 0 Å². The van der Waals surface area contributed by atoms with Crippen molar-refractivity contribution < 1.29 is 9.18 Å². The molecule has 4 rings (SSSR count). The second-order valence-electron chi connectivity index (χ2n) is 7.07. The molecule has 0 bridgehead atoms. The van der Waals surface area contributed by atoms with Crippen LogP contribution in [-0.4, -0.2) is 15.9 Å². The third-order valence-electron chi connectivity index (χ3n) is 4.67. The van der Waals surface area contributed by atoms with Gasteiger partial charge in [0.15, 0.2) is 5.13 Å². The normalized spacial score (nSPS) is 11.0. The van der Waals surface area contributed by atoms with Crippen molar-refractivity contribution in [1.82, 2.24) is 9.97 Å². The summed E-state index contributed by atoms with van der Waals surface area (Å²) in [5.74, 6) is -0.403. The maximum absolute atomic E-state index is 13.2. The Morgan fingerprint density at radius 1 is 1.10 bits per heavy atom. The molecule has 0 atom stereocenters. The lowest BCUT2D eigenvalue weighted by atomic mass is 10.1. The van der Waals surface area contributed by atoms with Crippen LogP contribution in [0, 0.1) is 19.7 Å². The van der Waals surface area contributed by atoms with Gasteiger partial charge < -0.3 is 0 Å². The minimum atomic E-state index is -0.314. The first-order chi connectivity index (χ1) is 14.0. The Hall–Kier alpha value is -3.12. The molecule has 4 nitrogen and oxygen atoms in total. The van der Waals surface area contributed by atoms with Gasteiger partial charge >= 0.3 is 0 Å². The smallest absolute Gasteiger partial charge is 0.233 e. The number of anilines is 1. The van der Waals surface area contributed by atoms with Crippen molar-refractivity contribution >= 4 is 32.6 Å². The summed E-state index contributed by atoms with van der Waals surface area (Å²) < 4.78 is 14.3. The summed E-state index contributed by atoms with van der Waals surface area (Å²) in [5, 5.41) is 0.657. The first kappa shape index (κ1) is 19.2. The molecular weight excluding hydrogens is 385 g/mol. The average Bonchev–Trinajstić information content (AvgIpc) is 3.12. The molecule has 0 saturated heterocycles. The van der Waals surface area contributed by atoms with E-state index in [2.05, 4.69) is 18.0 Å². The Morgan fingerprint density at radius 2 is 1.90 bits per heavy atom. The Labute approximate surface area is 172 Å². The van der Waals surface area contributed by atoms with Gasteiger partial charge in [0.25, 0.3) is 0 Å². The van der Waals surface area contributed by atoms with E-state index >= 15 is 0 Å². The predicted octanol–water partition coefficient (Wildman–Crippen LogP) is 5.22. The molecule has 6 heteroatoms. The minimum Gasteiger partial charge on any atom is -0.283 e. The zero-order chi connectivity index (χ0) is 20.4. The van der Waals surface area contributed by atoms with Crippen LogP contribution in [0.15, 0.2) is 60.9 Å². The molecule has 2 aromatic heterocycles. The topological polar surface area (TPSA) is 46.1 Å². The van der Waals surface area contributed by atoms with Crippen LogP contribution >= 0.6 is 11.3 Å². The van der Waals surface area contributed by atoms with Crippen LogP contribution in [0.2, 0.25) is 0 Å². The highest BCUT2D eigenvalue weighted by Gasteiger charge is 2.21. The number of amides is 1. The number of hydrogen-bond donors (Lipinski definition) is 0. The molecule has 29 heavy (non-hydrogen) atoms. The number of rotatable bonds is 5. The molecule has 2 heterocycles. The van der Waals surface area contributed by atoms with E-state index in [9.17, 15) is 9.18 Å². The van der Waals surface area contributed by atoms with Gasteiger partial charge in [-0.1, -0.05) is 35.6 Å². The molecule has 2 aromatic carbocycles. The lowest BCUT2D eigenvalue weighted by Crippen LogP contribution is -2.31. The number of aryl methyl sites for hydroxylation is 2. The van der Waals surface area contributed by atoms with E-state index in [0.717, 1.165) is 32.5 Å². The van der Waals surface area contributed by atoms with Crippen LogP contribution in [0.5, 0.6) is 0 Å². The van der Waals surface area contributed by atoms with Crippen molar-refractivity contribution in [3.63, 3.8) is 0 Å². The Balaban J connectivity index is 1.70. The largest absolute Gasteiger partial charge is 0.283 e. The first-order valence-electron chi connectivity index (χ1n) is 9.31. The average molecular weight is 405 g/mol. The molecule has 0 N–H and O–H groups in total. The van der Waals surface area contributed by atoms with E-state index in [4.69, 9.17) is 4.98 Å². The molecule has 0 radical (unpaired) electrons. The van der Waals surface area contributed by atoms with Gasteiger partial charge in [-0.05, 0) is 60.4 Å². The predicted molar refractivity (Wildman–Crippen MR) is 115 cm³/mol. The van der Waals surface area contributed by atoms with E-state index in [-0.39, 0.29) is 18.1 Å². The number of hydrogen-bond acceptors (Lipinski definition) is 4. The Kier molecular flexibility index (Phi) is 5.36. The Morgan fingerprint density at radius 3 is 2.62 bits per heavy atom. The molecule has 0 aliphatic carbocycles. The number of carbonyl (C=O) groups is 1. The number of carbonyl (C=O) groups excluding carboxylic acids is 1. The standard InChI is InChI=1S/C23H20FN3OS/c1-15-10-16(2)22-20(11-15)26-23(29-22)27(14-18-4-3-9-25-13-18)21(28)12-17-5-7-19(24)8-6-17/h3-11,13H,12,14H2,1-2H3. The zero-order valence-corrected chi connectivity index (χ0v) is 17.0. The highest BCUT2D eigenvalue weighted by atomic mass is 32.1. The summed E-state index contributed by atoms with van der Waals surface area (Å²) >= 11 is 1.51. The molecule has 0 unspecified atom stereocenters.